The van der Waals surface area contributed by atoms with Crippen molar-refractivity contribution in [1.29, 1.82) is 0 Å². The van der Waals surface area contributed by atoms with Crippen LogP contribution >= 0.6 is 0 Å². The van der Waals surface area contributed by atoms with Crippen LogP contribution in [0.1, 0.15) is 13.8 Å². The van der Waals surface area contributed by atoms with Crippen molar-refractivity contribution in [2.24, 2.45) is 5.92 Å². The molecule has 0 saturated carbocycles. The fourth-order valence-corrected chi connectivity index (χ4v) is 1.22. The van der Waals surface area contributed by atoms with Crippen molar-refractivity contribution < 1.29 is 13.9 Å². The maximum atomic E-state index is 12.6. The van der Waals surface area contributed by atoms with Gasteiger partial charge in [0.25, 0.3) is 0 Å². The Balaban J connectivity index is 2.11. The molecule has 0 saturated heterocycles. The molecule has 18 heavy (non-hydrogen) atoms. The molecule has 0 aliphatic heterocycles. The second-order valence-corrected chi connectivity index (χ2v) is 4.33. The van der Waals surface area contributed by atoms with E-state index in [2.05, 4.69) is 10.6 Å². The van der Waals surface area contributed by atoms with Crippen LogP contribution in [-0.2, 0) is 0 Å². The summed E-state index contributed by atoms with van der Waals surface area (Å²) < 4.78 is 17.9. The fraction of sp³-hybridized carbons (Fsp3) is 0.462. The van der Waals surface area contributed by atoms with E-state index in [1.807, 2.05) is 13.8 Å². The summed E-state index contributed by atoms with van der Waals surface area (Å²) in [6.07, 6.45) is 0. The van der Waals surface area contributed by atoms with E-state index in [0.29, 0.717) is 31.4 Å². The van der Waals surface area contributed by atoms with Crippen molar-refractivity contribution in [1.82, 2.24) is 10.6 Å². The lowest BCUT2D eigenvalue weighted by atomic mass is 10.2. The van der Waals surface area contributed by atoms with E-state index in [9.17, 15) is 9.18 Å². The van der Waals surface area contributed by atoms with Gasteiger partial charge in [0.15, 0.2) is 0 Å². The fourth-order valence-electron chi connectivity index (χ4n) is 1.22. The molecule has 0 atom stereocenters. The van der Waals surface area contributed by atoms with Crippen molar-refractivity contribution in [3.8, 4) is 5.75 Å². The van der Waals surface area contributed by atoms with Crippen LogP contribution in [0, 0.1) is 11.7 Å². The summed E-state index contributed by atoms with van der Waals surface area (Å²) in [6, 6.07) is 5.56. The Morgan fingerprint density at radius 3 is 2.56 bits per heavy atom. The summed E-state index contributed by atoms with van der Waals surface area (Å²) in [5.74, 6) is 0.709. The average molecular weight is 254 g/mol. The highest BCUT2D eigenvalue weighted by molar-refractivity contribution is 5.73. The van der Waals surface area contributed by atoms with Crippen molar-refractivity contribution in [2.75, 3.05) is 19.7 Å². The van der Waals surface area contributed by atoms with Crippen LogP contribution in [-0.4, -0.2) is 25.7 Å². The summed E-state index contributed by atoms with van der Waals surface area (Å²) >= 11 is 0. The maximum absolute atomic E-state index is 12.6. The van der Waals surface area contributed by atoms with Crippen molar-refractivity contribution in [3.63, 3.8) is 0 Å². The number of hydrogen-bond donors (Lipinski definition) is 2. The Labute approximate surface area is 107 Å². The molecule has 4 nitrogen and oxygen atoms in total. The van der Waals surface area contributed by atoms with E-state index in [1.54, 1.807) is 12.1 Å². The van der Waals surface area contributed by atoms with Gasteiger partial charge in [0.2, 0.25) is 0 Å². The van der Waals surface area contributed by atoms with Crippen LogP contribution in [0.2, 0.25) is 0 Å². The molecule has 0 radical (unpaired) electrons. The number of amides is 2. The van der Waals surface area contributed by atoms with Crippen molar-refractivity contribution in [2.45, 2.75) is 13.8 Å². The molecule has 0 bridgehead atoms. The number of nitrogens with one attached hydrogen (secondary N) is 2. The van der Waals surface area contributed by atoms with Gasteiger partial charge in [-0.3, -0.25) is 0 Å². The van der Waals surface area contributed by atoms with Gasteiger partial charge in [-0.15, -0.1) is 0 Å². The lowest BCUT2D eigenvalue weighted by molar-refractivity contribution is 0.235. The van der Waals surface area contributed by atoms with E-state index < -0.39 is 0 Å². The molecule has 2 N–H and O–H groups in total. The molecule has 0 heterocycles. The number of rotatable bonds is 6. The minimum atomic E-state index is -0.298. The topological polar surface area (TPSA) is 50.4 Å². The zero-order chi connectivity index (χ0) is 13.4. The van der Waals surface area contributed by atoms with Gasteiger partial charge < -0.3 is 15.4 Å². The highest BCUT2D eigenvalue weighted by Gasteiger charge is 2.00. The molecule has 0 fully saturated rings. The number of ether oxygens (including phenoxy) is 1. The number of urea groups is 1. The zero-order valence-electron chi connectivity index (χ0n) is 10.7. The smallest absolute Gasteiger partial charge is 0.314 e. The van der Waals surface area contributed by atoms with Crippen LogP contribution in [0.25, 0.3) is 0 Å². The standard InChI is InChI=1S/C13H19FN2O2/c1-10(2)9-16-13(17)15-7-8-18-12-5-3-11(14)4-6-12/h3-6,10H,7-9H2,1-2H3,(H2,15,16,17). The Hall–Kier alpha value is -1.78. The minimum absolute atomic E-state index is 0.202. The molecular formula is C13H19FN2O2. The molecular weight excluding hydrogens is 235 g/mol. The Bertz CT molecular complexity index is 366. The Morgan fingerprint density at radius 2 is 1.94 bits per heavy atom. The van der Waals surface area contributed by atoms with E-state index >= 15 is 0 Å². The molecule has 0 aliphatic carbocycles. The molecule has 0 aromatic heterocycles. The number of benzene rings is 1. The van der Waals surface area contributed by atoms with E-state index in [0.717, 1.165) is 0 Å². The number of carbonyl (C=O) groups is 1. The van der Waals surface area contributed by atoms with Gasteiger partial charge in [-0.1, -0.05) is 13.8 Å². The lowest BCUT2D eigenvalue weighted by Gasteiger charge is -2.10. The van der Waals surface area contributed by atoms with Crippen LogP contribution < -0.4 is 15.4 Å². The first-order chi connectivity index (χ1) is 8.58. The van der Waals surface area contributed by atoms with Crippen LogP contribution in [0.3, 0.4) is 0 Å². The first-order valence-electron chi connectivity index (χ1n) is 5.98. The number of carbonyl (C=O) groups excluding carboxylic acids is 1. The zero-order valence-corrected chi connectivity index (χ0v) is 10.7. The SMILES string of the molecule is CC(C)CNC(=O)NCCOc1ccc(F)cc1. The highest BCUT2D eigenvalue weighted by atomic mass is 19.1. The van der Waals surface area contributed by atoms with Crippen LogP contribution in [0.4, 0.5) is 9.18 Å². The Kier molecular flexibility index (Phi) is 5.97. The molecule has 100 valence electrons. The van der Waals surface area contributed by atoms with Crippen molar-refractivity contribution in [3.05, 3.63) is 30.1 Å². The monoisotopic (exact) mass is 254 g/mol. The Morgan fingerprint density at radius 1 is 1.28 bits per heavy atom. The summed E-state index contributed by atoms with van der Waals surface area (Å²) in [5.41, 5.74) is 0. The quantitative estimate of drug-likeness (QED) is 0.764. The summed E-state index contributed by atoms with van der Waals surface area (Å²) in [4.78, 5) is 11.3. The first-order valence-corrected chi connectivity index (χ1v) is 5.98. The van der Waals surface area contributed by atoms with Gasteiger partial charge in [0.05, 0.1) is 6.54 Å². The molecule has 0 spiro atoms. The highest BCUT2D eigenvalue weighted by Crippen LogP contribution is 2.10. The third-order valence-corrected chi connectivity index (χ3v) is 2.14. The second kappa shape index (κ2) is 7.53. The van der Waals surface area contributed by atoms with Gasteiger partial charge in [-0.2, -0.15) is 0 Å². The van der Waals surface area contributed by atoms with Gasteiger partial charge in [-0.25, -0.2) is 9.18 Å². The molecule has 1 aromatic rings. The summed E-state index contributed by atoms with van der Waals surface area (Å²) in [5, 5.41) is 5.40. The molecule has 1 rings (SSSR count). The van der Waals surface area contributed by atoms with Gasteiger partial charge in [0.1, 0.15) is 18.2 Å². The maximum Gasteiger partial charge on any atom is 0.314 e. The number of halogens is 1. The second-order valence-electron chi connectivity index (χ2n) is 4.33. The molecule has 2 amide bonds. The minimum Gasteiger partial charge on any atom is -0.492 e. The summed E-state index contributed by atoms with van der Waals surface area (Å²) in [7, 11) is 0. The van der Waals surface area contributed by atoms with E-state index in [4.69, 9.17) is 4.74 Å². The van der Waals surface area contributed by atoms with Crippen LogP contribution in [0.5, 0.6) is 5.75 Å². The third-order valence-electron chi connectivity index (χ3n) is 2.14. The molecule has 1 aromatic carbocycles. The lowest BCUT2D eigenvalue weighted by Crippen LogP contribution is -2.39. The average Bonchev–Trinajstić information content (AvgIpc) is 2.34. The molecule has 5 heteroatoms. The van der Waals surface area contributed by atoms with Gasteiger partial charge in [0, 0.05) is 6.54 Å². The number of hydrogen-bond acceptors (Lipinski definition) is 2. The third kappa shape index (κ3) is 6.08. The first kappa shape index (κ1) is 14.3. The largest absolute Gasteiger partial charge is 0.492 e. The summed E-state index contributed by atoms with van der Waals surface area (Å²) in [6.45, 7) is 5.45. The van der Waals surface area contributed by atoms with E-state index in [1.165, 1.54) is 12.1 Å². The molecule has 0 unspecified atom stereocenters. The van der Waals surface area contributed by atoms with Crippen LogP contribution in [0.15, 0.2) is 24.3 Å². The van der Waals surface area contributed by atoms with Gasteiger partial charge in [-0.05, 0) is 30.2 Å². The van der Waals surface area contributed by atoms with E-state index in [-0.39, 0.29) is 11.8 Å². The normalized spacial score (nSPS) is 10.2. The molecule has 0 aliphatic rings. The predicted octanol–water partition coefficient (Wildman–Crippen LogP) is 2.16. The van der Waals surface area contributed by atoms with Crippen molar-refractivity contribution >= 4 is 6.03 Å². The predicted molar refractivity (Wildman–Crippen MR) is 68.1 cm³/mol. The van der Waals surface area contributed by atoms with Gasteiger partial charge >= 0.3 is 6.03 Å².